The SMILES string of the molecule is CC(=O)N1CCC2(CCCN(CCc3ccccc3)C2)C1. The maximum absolute atomic E-state index is 11.6. The number of benzene rings is 1. The second-order valence-corrected chi connectivity index (χ2v) is 6.81. The molecular formula is C18H26N2O. The first-order valence-electron chi connectivity index (χ1n) is 8.19. The van der Waals surface area contributed by atoms with Gasteiger partial charge in [-0.3, -0.25) is 4.79 Å². The van der Waals surface area contributed by atoms with Gasteiger partial charge in [0.2, 0.25) is 5.91 Å². The molecule has 0 bridgehead atoms. The molecule has 21 heavy (non-hydrogen) atoms. The Balaban J connectivity index is 1.55. The van der Waals surface area contributed by atoms with E-state index in [0.717, 1.165) is 26.1 Å². The Bertz CT molecular complexity index is 487. The lowest BCUT2D eigenvalue weighted by molar-refractivity contribution is -0.128. The van der Waals surface area contributed by atoms with Crippen LogP contribution in [-0.2, 0) is 11.2 Å². The standard InChI is InChI=1S/C18H26N2O/c1-16(21)20-13-10-18(15-20)9-5-11-19(14-18)12-8-17-6-3-2-4-7-17/h2-4,6-7H,5,8-15H2,1H3. The molecule has 1 unspecified atom stereocenters. The fourth-order valence-corrected chi connectivity index (χ4v) is 3.97. The highest BCUT2D eigenvalue weighted by atomic mass is 16.2. The highest BCUT2D eigenvalue weighted by Gasteiger charge is 2.41. The smallest absolute Gasteiger partial charge is 0.219 e. The van der Waals surface area contributed by atoms with Crippen LogP contribution in [0.4, 0.5) is 0 Å². The summed E-state index contributed by atoms with van der Waals surface area (Å²) in [4.78, 5) is 16.2. The number of hydrogen-bond donors (Lipinski definition) is 0. The average Bonchev–Trinajstić information content (AvgIpc) is 2.90. The molecule has 2 aliphatic heterocycles. The first kappa shape index (κ1) is 14.6. The van der Waals surface area contributed by atoms with Gasteiger partial charge in [0.1, 0.15) is 0 Å². The molecule has 2 fully saturated rings. The lowest BCUT2D eigenvalue weighted by Gasteiger charge is -2.40. The quantitative estimate of drug-likeness (QED) is 0.852. The molecule has 0 aliphatic carbocycles. The zero-order valence-corrected chi connectivity index (χ0v) is 13.1. The molecule has 0 radical (unpaired) electrons. The minimum absolute atomic E-state index is 0.244. The van der Waals surface area contributed by atoms with Gasteiger partial charge in [0, 0.05) is 38.5 Å². The molecule has 2 saturated heterocycles. The van der Waals surface area contributed by atoms with E-state index in [0.29, 0.717) is 5.41 Å². The van der Waals surface area contributed by atoms with Gasteiger partial charge in [0.15, 0.2) is 0 Å². The van der Waals surface area contributed by atoms with Gasteiger partial charge >= 0.3 is 0 Å². The van der Waals surface area contributed by atoms with Crippen molar-refractivity contribution >= 4 is 5.91 Å². The molecule has 2 aliphatic rings. The Kier molecular flexibility index (Phi) is 4.29. The third kappa shape index (κ3) is 3.46. The molecule has 3 heteroatoms. The molecule has 114 valence electrons. The van der Waals surface area contributed by atoms with Crippen LogP contribution in [0.3, 0.4) is 0 Å². The number of piperidine rings is 1. The predicted octanol–water partition coefficient (Wildman–Crippen LogP) is 2.56. The van der Waals surface area contributed by atoms with Gasteiger partial charge in [0.25, 0.3) is 0 Å². The topological polar surface area (TPSA) is 23.6 Å². The van der Waals surface area contributed by atoms with E-state index in [2.05, 4.69) is 35.2 Å². The van der Waals surface area contributed by atoms with E-state index in [1.54, 1.807) is 6.92 Å². The molecule has 1 aromatic carbocycles. The number of hydrogen-bond acceptors (Lipinski definition) is 2. The van der Waals surface area contributed by atoms with Crippen molar-refractivity contribution in [3.8, 4) is 0 Å². The Morgan fingerprint density at radius 3 is 2.67 bits per heavy atom. The highest BCUT2D eigenvalue weighted by Crippen LogP contribution is 2.38. The third-order valence-electron chi connectivity index (χ3n) is 5.18. The number of nitrogens with zero attached hydrogens (tertiary/aromatic N) is 2. The summed E-state index contributed by atoms with van der Waals surface area (Å²) in [5.74, 6) is 0.244. The van der Waals surface area contributed by atoms with E-state index in [1.807, 2.05) is 4.90 Å². The molecular weight excluding hydrogens is 260 g/mol. The fourth-order valence-electron chi connectivity index (χ4n) is 3.97. The average molecular weight is 286 g/mol. The van der Waals surface area contributed by atoms with Crippen LogP contribution in [0.25, 0.3) is 0 Å². The van der Waals surface area contributed by atoms with E-state index in [-0.39, 0.29) is 5.91 Å². The molecule has 1 aromatic rings. The van der Waals surface area contributed by atoms with Crippen molar-refractivity contribution in [2.45, 2.75) is 32.6 Å². The number of likely N-dealkylation sites (tertiary alicyclic amines) is 2. The summed E-state index contributed by atoms with van der Waals surface area (Å²) < 4.78 is 0. The van der Waals surface area contributed by atoms with Crippen LogP contribution in [0.15, 0.2) is 30.3 Å². The Morgan fingerprint density at radius 2 is 1.95 bits per heavy atom. The van der Waals surface area contributed by atoms with Gasteiger partial charge in [0.05, 0.1) is 0 Å². The fraction of sp³-hybridized carbons (Fsp3) is 0.611. The Labute approximate surface area is 127 Å². The van der Waals surface area contributed by atoms with Gasteiger partial charge in [-0.05, 0) is 37.8 Å². The molecule has 0 saturated carbocycles. The predicted molar refractivity (Wildman–Crippen MR) is 85.1 cm³/mol. The van der Waals surface area contributed by atoms with Crippen LogP contribution in [0.1, 0.15) is 31.7 Å². The van der Waals surface area contributed by atoms with Gasteiger partial charge in [-0.25, -0.2) is 0 Å². The largest absolute Gasteiger partial charge is 0.342 e. The number of carbonyl (C=O) groups excluding carboxylic acids is 1. The summed E-state index contributed by atoms with van der Waals surface area (Å²) in [6, 6.07) is 10.7. The minimum Gasteiger partial charge on any atom is -0.342 e. The van der Waals surface area contributed by atoms with Crippen LogP contribution in [0.2, 0.25) is 0 Å². The highest BCUT2D eigenvalue weighted by molar-refractivity contribution is 5.73. The van der Waals surface area contributed by atoms with Crippen molar-refractivity contribution in [2.24, 2.45) is 5.41 Å². The second kappa shape index (κ2) is 6.18. The second-order valence-electron chi connectivity index (χ2n) is 6.81. The molecule has 1 amide bonds. The molecule has 1 atom stereocenters. The van der Waals surface area contributed by atoms with Crippen LogP contribution < -0.4 is 0 Å². The third-order valence-corrected chi connectivity index (χ3v) is 5.18. The number of carbonyl (C=O) groups is 1. The summed E-state index contributed by atoms with van der Waals surface area (Å²) in [5.41, 5.74) is 1.80. The van der Waals surface area contributed by atoms with Gasteiger partial charge in [-0.15, -0.1) is 0 Å². The molecule has 1 spiro atoms. The number of rotatable bonds is 3. The molecule has 2 heterocycles. The summed E-state index contributed by atoms with van der Waals surface area (Å²) in [7, 11) is 0. The van der Waals surface area contributed by atoms with E-state index < -0.39 is 0 Å². The first-order chi connectivity index (χ1) is 10.2. The summed E-state index contributed by atoms with van der Waals surface area (Å²) in [6.07, 6.45) is 4.89. The van der Waals surface area contributed by atoms with E-state index in [4.69, 9.17) is 0 Å². The van der Waals surface area contributed by atoms with Crippen molar-refractivity contribution in [3.63, 3.8) is 0 Å². The van der Waals surface area contributed by atoms with Gasteiger partial charge in [-0.2, -0.15) is 0 Å². The normalized spacial score (nSPS) is 26.4. The van der Waals surface area contributed by atoms with Crippen LogP contribution in [0.5, 0.6) is 0 Å². The monoisotopic (exact) mass is 286 g/mol. The van der Waals surface area contributed by atoms with Crippen molar-refractivity contribution in [1.82, 2.24) is 9.80 Å². The van der Waals surface area contributed by atoms with E-state index in [1.165, 1.54) is 37.9 Å². The summed E-state index contributed by atoms with van der Waals surface area (Å²) in [5, 5.41) is 0. The van der Waals surface area contributed by atoms with Crippen LogP contribution >= 0.6 is 0 Å². The van der Waals surface area contributed by atoms with E-state index >= 15 is 0 Å². The summed E-state index contributed by atoms with van der Waals surface area (Å²) in [6.45, 7) is 7.17. The van der Waals surface area contributed by atoms with Crippen molar-refractivity contribution in [3.05, 3.63) is 35.9 Å². The Morgan fingerprint density at radius 1 is 1.14 bits per heavy atom. The lowest BCUT2D eigenvalue weighted by Crippen LogP contribution is -2.45. The van der Waals surface area contributed by atoms with Crippen molar-refractivity contribution in [1.29, 1.82) is 0 Å². The summed E-state index contributed by atoms with van der Waals surface area (Å²) >= 11 is 0. The van der Waals surface area contributed by atoms with Crippen molar-refractivity contribution < 1.29 is 4.79 Å². The lowest BCUT2D eigenvalue weighted by atomic mass is 9.79. The zero-order valence-electron chi connectivity index (χ0n) is 13.1. The Hall–Kier alpha value is -1.35. The van der Waals surface area contributed by atoms with E-state index in [9.17, 15) is 4.79 Å². The first-order valence-corrected chi connectivity index (χ1v) is 8.19. The molecule has 0 N–H and O–H groups in total. The van der Waals surface area contributed by atoms with Crippen LogP contribution in [-0.4, -0.2) is 48.4 Å². The minimum atomic E-state index is 0.244. The van der Waals surface area contributed by atoms with Gasteiger partial charge < -0.3 is 9.80 Å². The maximum Gasteiger partial charge on any atom is 0.219 e. The molecule has 3 rings (SSSR count). The van der Waals surface area contributed by atoms with Crippen molar-refractivity contribution in [2.75, 3.05) is 32.7 Å². The molecule has 3 nitrogen and oxygen atoms in total. The molecule has 0 aromatic heterocycles. The zero-order chi connectivity index (χ0) is 14.7. The van der Waals surface area contributed by atoms with Crippen LogP contribution in [0, 0.1) is 5.41 Å². The maximum atomic E-state index is 11.6. The number of amides is 1. The van der Waals surface area contributed by atoms with Gasteiger partial charge in [-0.1, -0.05) is 30.3 Å².